The summed E-state index contributed by atoms with van der Waals surface area (Å²) in [5.74, 6) is 1.20. The predicted octanol–water partition coefficient (Wildman–Crippen LogP) is 1.88. The number of hydrogen-bond acceptors (Lipinski definition) is 10. The van der Waals surface area contributed by atoms with Crippen LogP contribution in [-0.4, -0.2) is 51.8 Å². The van der Waals surface area contributed by atoms with E-state index in [9.17, 15) is 8.42 Å². The van der Waals surface area contributed by atoms with E-state index in [4.69, 9.17) is 15.5 Å². The van der Waals surface area contributed by atoms with E-state index >= 15 is 0 Å². The maximum Gasteiger partial charge on any atom is 0.234 e. The van der Waals surface area contributed by atoms with Gasteiger partial charge in [-0.15, -0.1) is 0 Å². The number of anilines is 2. The number of pyridine rings is 2. The molecule has 6 rings (SSSR count). The molecule has 0 aromatic carbocycles. The highest BCUT2D eigenvalue weighted by molar-refractivity contribution is 7.93. The molecule has 0 unspecified atom stereocenters. The zero-order valence-electron chi connectivity index (χ0n) is 18.2. The molecule has 1 saturated carbocycles. The maximum absolute atomic E-state index is 13.4. The molecule has 4 heterocycles. The Kier molecular flexibility index (Phi) is 4.05. The van der Waals surface area contributed by atoms with Gasteiger partial charge in [0.05, 0.1) is 24.7 Å². The van der Waals surface area contributed by atoms with Crippen LogP contribution in [0, 0.1) is 5.92 Å². The van der Waals surface area contributed by atoms with Gasteiger partial charge in [0.15, 0.2) is 15.5 Å². The highest BCUT2D eigenvalue weighted by atomic mass is 32.2. The van der Waals surface area contributed by atoms with E-state index in [2.05, 4.69) is 25.3 Å². The van der Waals surface area contributed by atoms with Gasteiger partial charge in [0.25, 0.3) is 0 Å². The number of aliphatic imine (C=N–C) groups is 1. The average Bonchev–Trinajstić information content (AvgIpc) is 3.63. The van der Waals surface area contributed by atoms with Crippen LogP contribution in [0.15, 0.2) is 35.7 Å². The molecule has 0 saturated heterocycles. The molecular weight excluding hydrogens is 442 g/mol. The Morgan fingerprint density at radius 2 is 2.03 bits per heavy atom. The summed E-state index contributed by atoms with van der Waals surface area (Å²) in [5, 5.41) is 3.26. The van der Waals surface area contributed by atoms with E-state index in [0.717, 1.165) is 24.0 Å². The molecule has 2 aliphatic carbocycles. The molecule has 33 heavy (non-hydrogen) atoms. The number of sulfone groups is 1. The molecule has 3 N–H and O–H groups in total. The standard InChI is InChI=1S/C22H23N7O3S/c1-21(13-3-4-13)20(23)29-22(11-33(21,30)31)8-12-9-25-16(7-14(12)22)27-15-5-6-24-19-18(15)26-10-17(28-19)32-2/h5-7,9-10,13H,3-4,8,11H2,1-2H3,(H2,23,29)(H,24,25,27,28)/t21-,22-/m0/s1. The predicted molar refractivity (Wildman–Crippen MR) is 123 cm³/mol. The zero-order chi connectivity index (χ0) is 23.0. The molecule has 1 fully saturated rings. The van der Waals surface area contributed by atoms with Crippen molar-refractivity contribution < 1.29 is 13.2 Å². The fourth-order valence-corrected chi connectivity index (χ4v) is 7.35. The Bertz CT molecular complexity index is 1450. The minimum Gasteiger partial charge on any atom is -0.480 e. The lowest BCUT2D eigenvalue weighted by molar-refractivity contribution is 0.397. The van der Waals surface area contributed by atoms with Gasteiger partial charge in [-0.2, -0.15) is 4.98 Å². The third-order valence-electron chi connectivity index (χ3n) is 7.14. The summed E-state index contributed by atoms with van der Waals surface area (Å²) < 4.78 is 30.8. The highest BCUT2D eigenvalue weighted by Crippen LogP contribution is 2.53. The highest BCUT2D eigenvalue weighted by Gasteiger charge is 2.61. The Hall–Kier alpha value is -3.34. The number of rotatable bonds is 4. The summed E-state index contributed by atoms with van der Waals surface area (Å²) in [5.41, 5.74) is 8.99. The van der Waals surface area contributed by atoms with E-state index in [-0.39, 0.29) is 17.5 Å². The van der Waals surface area contributed by atoms with Crippen molar-refractivity contribution in [2.45, 2.75) is 36.5 Å². The maximum atomic E-state index is 13.4. The largest absolute Gasteiger partial charge is 0.480 e. The number of ether oxygens (including phenoxy) is 1. The first-order valence-corrected chi connectivity index (χ1v) is 12.4. The van der Waals surface area contributed by atoms with Gasteiger partial charge in [0.1, 0.15) is 27.5 Å². The van der Waals surface area contributed by atoms with Crippen LogP contribution in [0.1, 0.15) is 30.9 Å². The van der Waals surface area contributed by atoms with Crippen LogP contribution >= 0.6 is 0 Å². The lowest BCUT2D eigenvalue weighted by Crippen LogP contribution is -2.60. The summed E-state index contributed by atoms with van der Waals surface area (Å²) >= 11 is 0. The number of hydrogen-bond donors (Lipinski definition) is 2. The molecule has 1 spiro atoms. The number of nitrogens with two attached hydrogens (primary N) is 1. The van der Waals surface area contributed by atoms with Gasteiger partial charge in [0, 0.05) is 18.8 Å². The summed E-state index contributed by atoms with van der Waals surface area (Å²) in [4.78, 5) is 22.2. The topological polar surface area (TPSA) is 145 Å². The number of amidine groups is 1. The first-order valence-electron chi connectivity index (χ1n) is 10.8. The first-order chi connectivity index (χ1) is 15.8. The summed E-state index contributed by atoms with van der Waals surface area (Å²) in [6.07, 6.45) is 7.17. The minimum absolute atomic E-state index is 0.0341. The van der Waals surface area contributed by atoms with Crippen molar-refractivity contribution in [3.63, 3.8) is 0 Å². The van der Waals surface area contributed by atoms with Gasteiger partial charge in [-0.05, 0) is 48.9 Å². The molecule has 10 nitrogen and oxygen atoms in total. The number of nitrogens with zero attached hydrogens (tertiary/aromatic N) is 5. The second kappa shape index (κ2) is 6.60. The normalized spacial score (nSPS) is 27.5. The lowest BCUT2D eigenvalue weighted by atomic mass is 9.72. The number of nitrogens with one attached hydrogen (secondary N) is 1. The van der Waals surface area contributed by atoms with E-state index in [0.29, 0.717) is 35.0 Å². The van der Waals surface area contributed by atoms with Gasteiger partial charge in [-0.1, -0.05) is 0 Å². The minimum atomic E-state index is -3.46. The smallest absolute Gasteiger partial charge is 0.234 e. The Balaban J connectivity index is 1.37. The lowest BCUT2D eigenvalue weighted by Gasteiger charge is -2.47. The molecule has 3 aromatic heterocycles. The van der Waals surface area contributed by atoms with Gasteiger partial charge in [-0.3, -0.25) is 4.99 Å². The van der Waals surface area contributed by atoms with Crippen LogP contribution < -0.4 is 15.8 Å². The SMILES string of the molecule is COc1cnc2c(Nc3cc4c(cn3)C[C@]43CS(=O)(=O)[C@@](C)(C4CC4)C(N)=N3)ccnc2n1. The second-order valence-electron chi connectivity index (χ2n) is 9.14. The van der Waals surface area contributed by atoms with Crippen molar-refractivity contribution in [2.75, 3.05) is 18.2 Å². The zero-order valence-corrected chi connectivity index (χ0v) is 19.1. The summed E-state index contributed by atoms with van der Waals surface area (Å²) in [6.45, 7) is 1.73. The third-order valence-corrected chi connectivity index (χ3v) is 9.83. The fourth-order valence-electron chi connectivity index (χ4n) is 5.00. The Morgan fingerprint density at radius 3 is 2.76 bits per heavy atom. The van der Waals surface area contributed by atoms with E-state index in [1.54, 1.807) is 25.4 Å². The van der Waals surface area contributed by atoms with Gasteiger partial charge >= 0.3 is 0 Å². The molecule has 3 aromatic rings. The third kappa shape index (κ3) is 2.84. The summed E-state index contributed by atoms with van der Waals surface area (Å²) in [7, 11) is -1.94. The van der Waals surface area contributed by atoms with Gasteiger partial charge in [-0.25, -0.2) is 23.4 Å². The molecule has 1 aliphatic heterocycles. The molecule has 0 amide bonds. The molecule has 0 radical (unpaired) electrons. The Labute approximate surface area is 190 Å². The molecule has 0 bridgehead atoms. The van der Waals surface area contributed by atoms with Crippen LogP contribution in [0.4, 0.5) is 11.5 Å². The van der Waals surface area contributed by atoms with Crippen LogP contribution in [0.2, 0.25) is 0 Å². The molecule has 2 atom stereocenters. The number of methoxy groups -OCH3 is 1. The monoisotopic (exact) mass is 465 g/mol. The van der Waals surface area contributed by atoms with Crippen molar-refractivity contribution in [1.82, 2.24) is 19.9 Å². The number of aromatic nitrogens is 4. The Morgan fingerprint density at radius 1 is 1.21 bits per heavy atom. The summed E-state index contributed by atoms with van der Waals surface area (Å²) in [6, 6.07) is 3.64. The van der Waals surface area contributed by atoms with Crippen LogP contribution in [-0.2, 0) is 21.8 Å². The molecule has 170 valence electrons. The average molecular weight is 466 g/mol. The van der Waals surface area contributed by atoms with E-state index in [1.165, 1.54) is 13.3 Å². The first kappa shape index (κ1) is 20.3. The molecule has 3 aliphatic rings. The molecule has 11 heteroatoms. The quantitative estimate of drug-likeness (QED) is 0.589. The van der Waals surface area contributed by atoms with Gasteiger partial charge < -0.3 is 15.8 Å². The van der Waals surface area contributed by atoms with Crippen molar-refractivity contribution in [3.05, 3.63) is 41.9 Å². The van der Waals surface area contributed by atoms with Crippen LogP contribution in [0.25, 0.3) is 11.2 Å². The van der Waals surface area contributed by atoms with Crippen molar-refractivity contribution in [2.24, 2.45) is 16.6 Å². The number of fused-ring (bicyclic) bond motifs is 3. The van der Waals surface area contributed by atoms with E-state index < -0.39 is 20.1 Å². The second-order valence-corrected chi connectivity index (χ2v) is 11.5. The van der Waals surface area contributed by atoms with Gasteiger partial charge in [0.2, 0.25) is 5.88 Å². The van der Waals surface area contributed by atoms with Crippen LogP contribution in [0.5, 0.6) is 5.88 Å². The van der Waals surface area contributed by atoms with E-state index in [1.807, 2.05) is 6.07 Å². The van der Waals surface area contributed by atoms with Crippen molar-refractivity contribution >= 4 is 38.3 Å². The van der Waals surface area contributed by atoms with Crippen molar-refractivity contribution in [1.29, 1.82) is 0 Å². The van der Waals surface area contributed by atoms with Crippen LogP contribution in [0.3, 0.4) is 0 Å². The molecular formula is C22H23N7O3S. The van der Waals surface area contributed by atoms with Crippen molar-refractivity contribution in [3.8, 4) is 5.88 Å². The fraction of sp³-hybridized carbons (Fsp3) is 0.409.